The minimum absolute atomic E-state index is 0.249. The third-order valence-corrected chi connectivity index (χ3v) is 4.84. The third-order valence-electron chi connectivity index (χ3n) is 3.96. The fourth-order valence-corrected chi connectivity index (χ4v) is 3.63. The third kappa shape index (κ3) is 3.19. The predicted molar refractivity (Wildman–Crippen MR) is 95.2 cm³/mol. The molecule has 0 spiro atoms. The monoisotopic (exact) mass is 360 g/mol. The SMILES string of the molecule is CCOC(=O)C(CC)n1cnc2scc(-c3ccc(F)cc3)c2c1=O. The summed E-state index contributed by atoms with van der Waals surface area (Å²) in [6.07, 6.45) is 1.81. The number of hydrogen-bond acceptors (Lipinski definition) is 5. The maximum absolute atomic E-state index is 13.2. The Morgan fingerprint density at radius 3 is 2.68 bits per heavy atom. The molecule has 0 aliphatic rings. The number of aromatic nitrogens is 2. The Labute approximate surface area is 147 Å². The molecular formula is C18H17FN2O3S. The number of thiophene rings is 1. The van der Waals surface area contributed by atoms with Crippen LogP contribution in [0.15, 0.2) is 40.8 Å². The highest BCUT2D eigenvalue weighted by atomic mass is 32.1. The van der Waals surface area contributed by atoms with E-state index in [0.717, 1.165) is 5.56 Å². The van der Waals surface area contributed by atoms with E-state index < -0.39 is 12.0 Å². The smallest absolute Gasteiger partial charge is 0.329 e. The second-order valence-corrected chi connectivity index (χ2v) is 6.33. The number of carbonyl (C=O) groups is 1. The van der Waals surface area contributed by atoms with Gasteiger partial charge in [-0.25, -0.2) is 14.2 Å². The van der Waals surface area contributed by atoms with Crippen molar-refractivity contribution in [3.63, 3.8) is 0 Å². The van der Waals surface area contributed by atoms with E-state index in [4.69, 9.17) is 4.74 Å². The molecule has 2 aromatic heterocycles. The van der Waals surface area contributed by atoms with E-state index in [-0.39, 0.29) is 18.0 Å². The lowest BCUT2D eigenvalue weighted by Gasteiger charge is -2.16. The first-order valence-corrected chi connectivity index (χ1v) is 8.85. The number of carbonyl (C=O) groups excluding carboxylic acids is 1. The Hall–Kier alpha value is -2.54. The van der Waals surface area contributed by atoms with Crippen LogP contribution in [0.1, 0.15) is 26.3 Å². The molecule has 0 saturated heterocycles. The number of hydrogen-bond donors (Lipinski definition) is 0. The highest BCUT2D eigenvalue weighted by Crippen LogP contribution is 2.31. The van der Waals surface area contributed by atoms with Crippen LogP contribution in [0, 0.1) is 5.82 Å². The van der Waals surface area contributed by atoms with E-state index in [0.29, 0.717) is 22.2 Å². The molecule has 1 atom stereocenters. The first kappa shape index (κ1) is 17.3. The highest BCUT2D eigenvalue weighted by Gasteiger charge is 2.23. The van der Waals surface area contributed by atoms with Crippen LogP contribution in [-0.2, 0) is 9.53 Å². The maximum atomic E-state index is 13.2. The van der Waals surface area contributed by atoms with Gasteiger partial charge in [-0.1, -0.05) is 19.1 Å². The molecule has 0 aliphatic heterocycles. The van der Waals surface area contributed by atoms with Gasteiger partial charge in [-0.2, -0.15) is 0 Å². The van der Waals surface area contributed by atoms with Crippen molar-refractivity contribution < 1.29 is 13.9 Å². The van der Waals surface area contributed by atoms with E-state index in [1.54, 1.807) is 19.1 Å². The zero-order chi connectivity index (χ0) is 18.0. The van der Waals surface area contributed by atoms with Crippen molar-refractivity contribution in [2.45, 2.75) is 26.3 Å². The summed E-state index contributed by atoms with van der Waals surface area (Å²) in [6.45, 7) is 3.78. The molecule has 0 N–H and O–H groups in total. The van der Waals surface area contributed by atoms with Gasteiger partial charge >= 0.3 is 5.97 Å². The van der Waals surface area contributed by atoms with Gasteiger partial charge in [0, 0.05) is 10.9 Å². The molecule has 0 aliphatic carbocycles. The second-order valence-electron chi connectivity index (χ2n) is 5.47. The lowest BCUT2D eigenvalue weighted by atomic mass is 10.1. The summed E-state index contributed by atoms with van der Waals surface area (Å²) >= 11 is 1.34. The summed E-state index contributed by atoms with van der Waals surface area (Å²) in [5, 5.41) is 2.25. The summed E-state index contributed by atoms with van der Waals surface area (Å²) in [6, 6.07) is 5.22. The number of rotatable bonds is 5. The Balaban J connectivity index is 2.16. The molecule has 0 bridgehead atoms. The van der Waals surface area contributed by atoms with Gasteiger partial charge in [-0.3, -0.25) is 9.36 Å². The van der Waals surface area contributed by atoms with Crippen LogP contribution in [0.3, 0.4) is 0 Å². The first-order chi connectivity index (χ1) is 12.1. The Morgan fingerprint density at radius 1 is 1.32 bits per heavy atom. The standard InChI is InChI=1S/C18H17FN2O3S/c1-3-14(18(23)24-4-2)21-10-20-16-15(17(21)22)13(9-25-16)11-5-7-12(19)8-6-11/h5-10,14H,3-4H2,1-2H3. The largest absolute Gasteiger partial charge is 0.464 e. The van der Waals surface area contributed by atoms with Crippen molar-refractivity contribution in [2.75, 3.05) is 6.61 Å². The number of benzene rings is 1. The number of nitrogens with zero attached hydrogens (tertiary/aromatic N) is 2. The zero-order valence-corrected chi connectivity index (χ0v) is 14.7. The van der Waals surface area contributed by atoms with Crippen LogP contribution in [-0.4, -0.2) is 22.1 Å². The van der Waals surface area contributed by atoms with Gasteiger partial charge in [0.2, 0.25) is 0 Å². The molecule has 130 valence electrons. The molecule has 0 fully saturated rings. The van der Waals surface area contributed by atoms with Crippen LogP contribution in [0.5, 0.6) is 0 Å². The maximum Gasteiger partial charge on any atom is 0.329 e. The Bertz CT molecular complexity index is 963. The molecule has 1 aromatic carbocycles. The van der Waals surface area contributed by atoms with Crippen molar-refractivity contribution in [1.29, 1.82) is 0 Å². The number of esters is 1. The molecule has 7 heteroatoms. The van der Waals surface area contributed by atoms with E-state index in [1.165, 1.54) is 34.4 Å². The first-order valence-electron chi connectivity index (χ1n) is 7.97. The van der Waals surface area contributed by atoms with Crippen LogP contribution in [0.4, 0.5) is 4.39 Å². The van der Waals surface area contributed by atoms with Gasteiger partial charge < -0.3 is 4.74 Å². The fraction of sp³-hybridized carbons (Fsp3) is 0.278. The van der Waals surface area contributed by atoms with E-state index in [1.807, 2.05) is 12.3 Å². The fourth-order valence-electron chi connectivity index (χ4n) is 2.72. The van der Waals surface area contributed by atoms with E-state index in [2.05, 4.69) is 4.98 Å². The van der Waals surface area contributed by atoms with Gasteiger partial charge in [0.15, 0.2) is 0 Å². The van der Waals surface area contributed by atoms with Crippen molar-refractivity contribution in [2.24, 2.45) is 0 Å². The molecule has 0 saturated carbocycles. The molecule has 1 unspecified atom stereocenters. The second kappa shape index (κ2) is 7.14. The average molecular weight is 360 g/mol. The number of fused-ring (bicyclic) bond motifs is 1. The molecule has 0 amide bonds. The highest BCUT2D eigenvalue weighted by molar-refractivity contribution is 7.17. The topological polar surface area (TPSA) is 61.2 Å². The molecule has 5 nitrogen and oxygen atoms in total. The summed E-state index contributed by atoms with van der Waals surface area (Å²) in [5.74, 6) is -0.793. The van der Waals surface area contributed by atoms with Gasteiger partial charge in [-0.05, 0) is 31.0 Å². The van der Waals surface area contributed by atoms with Crippen molar-refractivity contribution >= 4 is 27.5 Å². The van der Waals surface area contributed by atoms with Gasteiger partial charge in [0.1, 0.15) is 16.7 Å². The summed E-state index contributed by atoms with van der Waals surface area (Å²) in [5.41, 5.74) is 1.12. The molecule has 3 rings (SSSR count). The summed E-state index contributed by atoms with van der Waals surface area (Å²) in [7, 11) is 0. The minimum atomic E-state index is -0.717. The van der Waals surface area contributed by atoms with Crippen LogP contribution < -0.4 is 5.56 Å². The van der Waals surface area contributed by atoms with Crippen LogP contribution in [0.25, 0.3) is 21.3 Å². The quantitative estimate of drug-likeness (QED) is 0.650. The van der Waals surface area contributed by atoms with Crippen molar-refractivity contribution in [3.8, 4) is 11.1 Å². The van der Waals surface area contributed by atoms with Gasteiger partial charge in [0.25, 0.3) is 5.56 Å². The molecule has 0 radical (unpaired) electrons. The number of halogens is 1. The van der Waals surface area contributed by atoms with Crippen LogP contribution >= 0.6 is 11.3 Å². The van der Waals surface area contributed by atoms with Gasteiger partial charge in [0.05, 0.1) is 18.3 Å². The molecule has 3 aromatic rings. The Kier molecular flexibility index (Phi) is 4.94. The van der Waals surface area contributed by atoms with Gasteiger partial charge in [-0.15, -0.1) is 11.3 Å². The summed E-state index contributed by atoms with van der Waals surface area (Å²) < 4.78 is 19.6. The molecule has 25 heavy (non-hydrogen) atoms. The molecular weight excluding hydrogens is 343 g/mol. The summed E-state index contributed by atoms with van der Waals surface area (Å²) in [4.78, 5) is 30.1. The van der Waals surface area contributed by atoms with Crippen molar-refractivity contribution in [1.82, 2.24) is 9.55 Å². The predicted octanol–water partition coefficient (Wildman–Crippen LogP) is 3.78. The lowest BCUT2D eigenvalue weighted by molar-refractivity contribution is -0.147. The normalized spacial score (nSPS) is 12.3. The van der Waals surface area contributed by atoms with Crippen LogP contribution in [0.2, 0.25) is 0 Å². The van der Waals surface area contributed by atoms with Crippen molar-refractivity contribution in [3.05, 3.63) is 52.1 Å². The lowest BCUT2D eigenvalue weighted by Crippen LogP contribution is -2.31. The number of ether oxygens (including phenoxy) is 1. The molecule has 2 heterocycles. The average Bonchev–Trinajstić information content (AvgIpc) is 3.03. The van der Waals surface area contributed by atoms with E-state index >= 15 is 0 Å². The Morgan fingerprint density at radius 2 is 2.04 bits per heavy atom. The van der Waals surface area contributed by atoms with E-state index in [9.17, 15) is 14.0 Å². The minimum Gasteiger partial charge on any atom is -0.464 e. The zero-order valence-electron chi connectivity index (χ0n) is 13.9.